The van der Waals surface area contributed by atoms with Crippen molar-refractivity contribution in [2.45, 2.75) is 32.2 Å². The second-order valence-corrected chi connectivity index (χ2v) is 7.10. The molecule has 0 spiro atoms. The lowest BCUT2D eigenvalue weighted by Gasteiger charge is -2.30. The molecule has 4 rings (SSSR count). The predicted molar refractivity (Wildman–Crippen MR) is 112 cm³/mol. The van der Waals surface area contributed by atoms with Crippen LogP contribution >= 0.6 is 0 Å². The van der Waals surface area contributed by atoms with Gasteiger partial charge in [-0.3, -0.25) is 5.32 Å². The van der Waals surface area contributed by atoms with E-state index >= 15 is 0 Å². The number of fused-ring (bicyclic) bond motifs is 1. The first kappa shape index (κ1) is 18.9. The van der Waals surface area contributed by atoms with E-state index in [-0.39, 0.29) is 0 Å². The van der Waals surface area contributed by atoms with Gasteiger partial charge >= 0.3 is 6.09 Å². The molecule has 148 valence electrons. The van der Waals surface area contributed by atoms with E-state index in [1.54, 1.807) is 0 Å². The molecule has 1 heterocycles. The molecule has 1 aliphatic carbocycles. The number of nitrogens with one attached hydrogen (secondary N) is 1. The number of nitrogens with zero attached hydrogens (tertiary/aromatic N) is 2. The number of ether oxygens (including phenoxy) is 2. The van der Waals surface area contributed by atoms with Crippen molar-refractivity contribution in [1.82, 2.24) is 4.57 Å². The third kappa shape index (κ3) is 3.40. The van der Waals surface area contributed by atoms with Crippen molar-refractivity contribution in [3.8, 4) is 23.1 Å². The van der Waals surface area contributed by atoms with Crippen molar-refractivity contribution in [1.29, 1.82) is 5.26 Å². The van der Waals surface area contributed by atoms with Crippen LogP contribution in [-0.4, -0.2) is 24.4 Å². The summed E-state index contributed by atoms with van der Waals surface area (Å²) >= 11 is 0. The molecule has 0 bridgehead atoms. The van der Waals surface area contributed by atoms with Crippen molar-refractivity contribution >= 4 is 22.7 Å². The number of rotatable bonds is 5. The van der Waals surface area contributed by atoms with Crippen molar-refractivity contribution in [2.24, 2.45) is 0 Å². The van der Waals surface area contributed by atoms with Crippen LogP contribution in [0.1, 0.15) is 37.8 Å². The van der Waals surface area contributed by atoms with E-state index in [1.807, 2.05) is 49.4 Å². The summed E-state index contributed by atoms with van der Waals surface area (Å²) in [4.78, 5) is 11.4. The van der Waals surface area contributed by atoms with Crippen LogP contribution in [0.15, 0.2) is 42.5 Å². The second kappa shape index (κ2) is 7.88. The maximum atomic E-state index is 11.4. The maximum Gasteiger partial charge on any atom is 0.411 e. The highest BCUT2D eigenvalue weighted by Gasteiger charge is 2.28. The molecular formula is C23H23N3O3. The average Bonchev–Trinajstić information content (AvgIpc) is 3.01. The number of amides is 1. The number of hydrogen-bond acceptors (Lipinski definition) is 4. The number of anilines is 1. The van der Waals surface area contributed by atoms with E-state index in [0.717, 1.165) is 40.8 Å². The van der Waals surface area contributed by atoms with Crippen molar-refractivity contribution < 1.29 is 14.3 Å². The zero-order valence-electron chi connectivity index (χ0n) is 16.6. The molecule has 0 saturated heterocycles. The molecular weight excluding hydrogens is 366 g/mol. The van der Waals surface area contributed by atoms with Gasteiger partial charge in [0, 0.05) is 23.2 Å². The molecule has 0 atom stereocenters. The van der Waals surface area contributed by atoms with Crippen molar-refractivity contribution in [3.63, 3.8) is 0 Å². The highest BCUT2D eigenvalue weighted by molar-refractivity contribution is 5.96. The van der Waals surface area contributed by atoms with Gasteiger partial charge in [0.25, 0.3) is 0 Å². The Morgan fingerprint density at radius 2 is 2.00 bits per heavy atom. The van der Waals surface area contributed by atoms with Crippen molar-refractivity contribution in [3.05, 3.63) is 48.0 Å². The second-order valence-electron chi connectivity index (χ2n) is 7.10. The van der Waals surface area contributed by atoms with Gasteiger partial charge in [-0.05, 0) is 56.0 Å². The van der Waals surface area contributed by atoms with E-state index in [1.165, 1.54) is 13.5 Å². The zero-order valence-corrected chi connectivity index (χ0v) is 16.6. The average molecular weight is 389 g/mol. The summed E-state index contributed by atoms with van der Waals surface area (Å²) in [6.45, 7) is 2.56. The Kier molecular flexibility index (Phi) is 5.13. The first-order chi connectivity index (χ1) is 14.2. The molecule has 0 unspecified atom stereocenters. The van der Waals surface area contributed by atoms with Gasteiger partial charge in [0.05, 0.1) is 30.5 Å². The summed E-state index contributed by atoms with van der Waals surface area (Å²) in [5.41, 5.74) is 4.21. The summed E-state index contributed by atoms with van der Waals surface area (Å²) in [5.74, 6) is 0.812. The predicted octanol–water partition coefficient (Wildman–Crippen LogP) is 5.48. The fraction of sp³-hybridized carbons (Fsp3) is 0.304. The number of carbonyl (C=O) groups excluding carboxylic acids is 1. The molecule has 6 heteroatoms. The number of carbonyl (C=O) groups is 1. The molecule has 1 aliphatic rings. The summed E-state index contributed by atoms with van der Waals surface area (Å²) in [5, 5.41) is 13.6. The van der Waals surface area contributed by atoms with Gasteiger partial charge in [-0.15, -0.1) is 0 Å². The van der Waals surface area contributed by atoms with Crippen LogP contribution in [0.3, 0.4) is 0 Å². The third-order valence-corrected chi connectivity index (χ3v) is 5.43. The van der Waals surface area contributed by atoms with Gasteiger partial charge in [-0.1, -0.05) is 12.1 Å². The van der Waals surface area contributed by atoms with Gasteiger partial charge in [-0.25, -0.2) is 4.79 Å². The Hall–Kier alpha value is -3.46. The Morgan fingerprint density at radius 3 is 2.59 bits per heavy atom. The highest BCUT2D eigenvalue weighted by atomic mass is 16.5. The van der Waals surface area contributed by atoms with Crippen LogP contribution in [0.2, 0.25) is 0 Å². The van der Waals surface area contributed by atoms with Crippen LogP contribution in [0.25, 0.3) is 22.2 Å². The van der Waals surface area contributed by atoms with E-state index in [4.69, 9.17) is 4.74 Å². The summed E-state index contributed by atoms with van der Waals surface area (Å²) < 4.78 is 12.6. The van der Waals surface area contributed by atoms with E-state index in [0.29, 0.717) is 23.9 Å². The van der Waals surface area contributed by atoms with Crippen LogP contribution in [-0.2, 0) is 4.74 Å². The summed E-state index contributed by atoms with van der Waals surface area (Å²) in [7, 11) is 1.33. The number of aromatic nitrogens is 1. The standard InChI is InChI=1S/C23H23N3O3/c1-3-29-18-11-12-19-20(14-24)22(26(21(19)13-18)17-5-4-6-17)15-7-9-16(10-8-15)25-23(27)28-2/h7-13,17H,3-6H2,1-2H3,(H,25,27). The maximum absolute atomic E-state index is 11.4. The van der Waals surface area contributed by atoms with Crippen LogP contribution in [0.5, 0.6) is 5.75 Å². The van der Waals surface area contributed by atoms with Crippen LogP contribution < -0.4 is 10.1 Å². The first-order valence-electron chi connectivity index (χ1n) is 9.82. The minimum Gasteiger partial charge on any atom is -0.494 e. The molecule has 0 aliphatic heterocycles. The topological polar surface area (TPSA) is 76.3 Å². The first-order valence-corrected chi connectivity index (χ1v) is 9.82. The lowest BCUT2D eigenvalue weighted by molar-refractivity contribution is 0.187. The zero-order chi connectivity index (χ0) is 20.4. The molecule has 1 N–H and O–H groups in total. The molecule has 1 fully saturated rings. The molecule has 6 nitrogen and oxygen atoms in total. The largest absolute Gasteiger partial charge is 0.494 e. The van der Waals surface area contributed by atoms with Crippen molar-refractivity contribution in [2.75, 3.05) is 19.0 Å². The molecule has 3 aromatic rings. The number of benzene rings is 2. The number of methoxy groups -OCH3 is 1. The number of nitriles is 1. The monoisotopic (exact) mass is 389 g/mol. The normalized spacial score (nSPS) is 13.6. The number of hydrogen-bond donors (Lipinski definition) is 1. The summed E-state index contributed by atoms with van der Waals surface area (Å²) in [6, 6.07) is 16.2. The Bertz CT molecular complexity index is 1090. The lowest BCUT2D eigenvalue weighted by Crippen LogP contribution is -2.18. The molecule has 29 heavy (non-hydrogen) atoms. The molecule has 0 radical (unpaired) electrons. The Balaban J connectivity index is 1.86. The van der Waals surface area contributed by atoms with Crippen LogP contribution in [0.4, 0.5) is 10.5 Å². The Labute approximate surface area is 169 Å². The molecule has 2 aromatic carbocycles. The minimum absolute atomic E-state index is 0.374. The highest BCUT2D eigenvalue weighted by Crippen LogP contribution is 2.43. The van der Waals surface area contributed by atoms with E-state index in [2.05, 4.69) is 20.7 Å². The van der Waals surface area contributed by atoms with E-state index in [9.17, 15) is 10.1 Å². The minimum atomic E-state index is -0.512. The third-order valence-electron chi connectivity index (χ3n) is 5.43. The van der Waals surface area contributed by atoms with Gasteiger partial charge in [0.1, 0.15) is 11.8 Å². The van der Waals surface area contributed by atoms with Gasteiger partial charge in [0.15, 0.2) is 0 Å². The van der Waals surface area contributed by atoms with Gasteiger partial charge < -0.3 is 14.0 Å². The van der Waals surface area contributed by atoms with E-state index < -0.39 is 6.09 Å². The summed E-state index contributed by atoms with van der Waals surface area (Å²) in [6.07, 6.45) is 2.88. The quantitative estimate of drug-likeness (QED) is 0.627. The fourth-order valence-electron chi connectivity index (χ4n) is 3.85. The molecule has 1 aromatic heterocycles. The van der Waals surface area contributed by atoms with Gasteiger partial charge in [0.2, 0.25) is 0 Å². The Morgan fingerprint density at radius 1 is 1.24 bits per heavy atom. The van der Waals surface area contributed by atoms with Gasteiger partial charge in [-0.2, -0.15) is 5.26 Å². The molecule has 1 amide bonds. The smallest absolute Gasteiger partial charge is 0.411 e. The lowest BCUT2D eigenvalue weighted by atomic mass is 9.92. The molecule has 1 saturated carbocycles. The van der Waals surface area contributed by atoms with Crippen LogP contribution in [0, 0.1) is 11.3 Å². The fourth-order valence-corrected chi connectivity index (χ4v) is 3.85. The SMILES string of the molecule is CCOc1ccc2c(C#N)c(-c3ccc(NC(=O)OC)cc3)n(C3CCC3)c2c1.